The van der Waals surface area contributed by atoms with Gasteiger partial charge in [-0.3, -0.25) is 4.99 Å². The van der Waals surface area contributed by atoms with E-state index in [2.05, 4.69) is 15.6 Å². The van der Waals surface area contributed by atoms with E-state index < -0.39 is 6.10 Å². The smallest absolute Gasteiger partial charge is 0.191 e. The summed E-state index contributed by atoms with van der Waals surface area (Å²) in [6.07, 6.45) is 1.66. The van der Waals surface area contributed by atoms with Crippen molar-refractivity contribution in [2.75, 3.05) is 40.5 Å². The van der Waals surface area contributed by atoms with Crippen LogP contribution in [-0.2, 0) is 4.74 Å². The second-order valence-electron chi connectivity index (χ2n) is 5.90. The molecule has 2 rings (SSSR count). The number of aliphatic hydroxyl groups excluding tert-OH is 1. The van der Waals surface area contributed by atoms with Crippen LogP contribution in [-0.4, -0.2) is 57.6 Å². The van der Waals surface area contributed by atoms with Gasteiger partial charge in [0, 0.05) is 25.8 Å². The molecular weight excluding hydrogens is 449 g/mol. The Morgan fingerprint density at radius 1 is 1.27 bits per heavy atom. The lowest BCUT2D eigenvalue weighted by atomic mass is 10.1. The first-order chi connectivity index (χ1) is 12.2. The molecule has 3 N–H and O–H groups in total. The lowest BCUT2D eigenvalue weighted by Crippen LogP contribution is -2.41. The second kappa shape index (κ2) is 12.2. The Balaban J connectivity index is 0.00000338. The van der Waals surface area contributed by atoms with E-state index >= 15 is 0 Å². The average Bonchev–Trinajstić information content (AvgIpc) is 3.16. The van der Waals surface area contributed by atoms with Gasteiger partial charge in [0.05, 0.1) is 33.0 Å². The molecule has 0 amide bonds. The monoisotopic (exact) mass is 479 g/mol. The molecule has 1 aromatic rings. The lowest BCUT2D eigenvalue weighted by Gasteiger charge is -2.16. The zero-order valence-corrected chi connectivity index (χ0v) is 18.0. The molecular formula is C18H30IN3O4. The van der Waals surface area contributed by atoms with Crippen LogP contribution in [0.15, 0.2) is 23.2 Å². The highest BCUT2D eigenvalue weighted by atomic mass is 127. The van der Waals surface area contributed by atoms with Crippen LogP contribution in [0.3, 0.4) is 0 Å². The van der Waals surface area contributed by atoms with Crippen LogP contribution >= 0.6 is 24.0 Å². The van der Waals surface area contributed by atoms with E-state index in [-0.39, 0.29) is 36.6 Å². The van der Waals surface area contributed by atoms with E-state index in [1.165, 1.54) is 0 Å². The molecule has 7 nitrogen and oxygen atoms in total. The molecule has 8 heteroatoms. The number of guanidine groups is 1. The van der Waals surface area contributed by atoms with Crippen molar-refractivity contribution in [1.29, 1.82) is 0 Å². The fourth-order valence-electron chi connectivity index (χ4n) is 2.66. The van der Waals surface area contributed by atoms with Crippen LogP contribution in [0.1, 0.15) is 31.4 Å². The fourth-order valence-corrected chi connectivity index (χ4v) is 2.66. The van der Waals surface area contributed by atoms with Crippen LogP contribution < -0.4 is 20.1 Å². The standard InChI is InChI=1S/C18H29N3O4.HI/c1-4-19-18(20-11-14-6-5-7-25-14)21-12-17(22)13-8-15(23-2)10-16(9-13)24-3;/h8-10,14,17,22H,4-7,11-12H2,1-3H3,(H2,19,20,21);1H. The van der Waals surface area contributed by atoms with Gasteiger partial charge < -0.3 is 30.0 Å². The molecule has 0 bridgehead atoms. The molecule has 0 aromatic heterocycles. The zero-order valence-electron chi connectivity index (χ0n) is 15.7. The summed E-state index contributed by atoms with van der Waals surface area (Å²) in [5.74, 6) is 1.95. The quantitative estimate of drug-likeness (QED) is 0.301. The molecule has 26 heavy (non-hydrogen) atoms. The number of nitrogens with zero attached hydrogens (tertiary/aromatic N) is 1. The van der Waals surface area contributed by atoms with E-state index in [9.17, 15) is 5.11 Å². The summed E-state index contributed by atoms with van der Waals surface area (Å²) in [6.45, 7) is 4.54. The highest BCUT2D eigenvalue weighted by Crippen LogP contribution is 2.26. The molecule has 1 aromatic carbocycles. The maximum Gasteiger partial charge on any atom is 0.191 e. The van der Waals surface area contributed by atoms with Gasteiger partial charge in [0.2, 0.25) is 0 Å². The summed E-state index contributed by atoms with van der Waals surface area (Å²) >= 11 is 0. The number of nitrogens with one attached hydrogen (secondary N) is 2. The first kappa shape index (κ1) is 22.8. The van der Waals surface area contributed by atoms with Crippen molar-refractivity contribution in [3.8, 4) is 11.5 Å². The van der Waals surface area contributed by atoms with Crippen LogP contribution in [0.2, 0.25) is 0 Å². The van der Waals surface area contributed by atoms with Crippen molar-refractivity contribution in [2.24, 2.45) is 4.99 Å². The number of methoxy groups -OCH3 is 2. The van der Waals surface area contributed by atoms with Crippen molar-refractivity contribution in [3.05, 3.63) is 23.8 Å². The minimum absolute atomic E-state index is 0. The number of ether oxygens (including phenoxy) is 3. The molecule has 1 aliphatic heterocycles. The molecule has 2 atom stereocenters. The van der Waals surface area contributed by atoms with E-state index in [1.807, 2.05) is 6.92 Å². The summed E-state index contributed by atoms with van der Waals surface area (Å²) < 4.78 is 16.1. The third-order valence-corrected chi connectivity index (χ3v) is 4.05. The third-order valence-electron chi connectivity index (χ3n) is 4.05. The van der Waals surface area contributed by atoms with Gasteiger partial charge in [-0.1, -0.05) is 0 Å². The minimum Gasteiger partial charge on any atom is -0.497 e. The van der Waals surface area contributed by atoms with Gasteiger partial charge in [-0.2, -0.15) is 0 Å². The van der Waals surface area contributed by atoms with Gasteiger partial charge in [0.15, 0.2) is 5.96 Å². The summed E-state index contributed by atoms with van der Waals surface area (Å²) in [7, 11) is 3.17. The van der Waals surface area contributed by atoms with E-state index in [1.54, 1.807) is 32.4 Å². The number of rotatable bonds is 8. The predicted octanol–water partition coefficient (Wildman–Crippen LogP) is 2.09. The molecule has 0 spiro atoms. The van der Waals surface area contributed by atoms with Crippen molar-refractivity contribution in [2.45, 2.75) is 32.0 Å². The Morgan fingerprint density at radius 2 is 1.96 bits per heavy atom. The molecule has 1 heterocycles. The van der Waals surface area contributed by atoms with E-state index in [4.69, 9.17) is 14.2 Å². The number of halogens is 1. The predicted molar refractivity (Wildman–Crippen MR) is 113 cm³/mol. The normalized spacial score (nSPS) is 18.0. The van der Waals surface area contributed by atoms with Crippen LogP contribution in [0.25, 0.3) is 0 Å². The number of benzene rings is 1. The van der Waals surface area contributed by atoms with Gasteiger partial charge >= 0.3 is 0 Å². The van der Waals surface area contributed by atoms with Crippen molar-refractivity contribution >= 4 is 29.9 Å². The Labute approximate surface area is 172 Å². The average molecular weight is 479 g/mol. The number of aliphatic imine (C=N–C) groups is 1. The minimum atomic E-state index is -0.748. The van der Waals surface area contributed by atoms with Crippen molar-refractivity contribution in [3.63, 3.8) is 0 Å². The molecule has 2 unspecified atom stereocenters. The topological polar surface area (TPSA) is 84.3 Å². The Bertz CT molecular complexity index is 543. The maximum atomic E-state index is 10.5. The molecule has 0 aliphatic carbocycles. The highest BCUT2D eigenvalue weighted by molar-refractivity contribution is 14.0. The highest BCUT2D eigenvalue weighted by Gasteiger charge is 2.16. The molecule has 0 saturated carbocycles. The van der Waals surface area contributed by atoms with E-state index in [0.717, 1.165) is 32.5 Å². The fraction of sp³-hybridized carbons (Fsp3) is 0.611. The van der Waals surface area contributed by atoms with Crippen LogP contribution in [0.5, 0.6) is 11.5 Å². The summed E-state index contributed by atoms with van der Waals surface area (Å²) in [5, 5.41) is 16.9. The zero-order chi connectivity index (χ0) is 18.1. The van der Waals surface area contributed by atoms with Crippen molar-refractivity contribution < 1.29 is 19.3 Å². The number of hydrogen-bond acceptors (Lipinski definition) is 5. The molecule has 1 saturated heterocycles. The Morgan fingerprint density at radius 3 is 2.50 bits per heavy atom. The van der Waals surface area contributed by atoms with Gasteiger partial charge in [-0.25, -0.2) is 0 Å². The van der Waals surface area contributed by atoms with Crippen LogP contribution in [0.4, 0.5) is 0 Å². The van der Waals surface area contributed by atoms with Gasteiger partial charge in [0.1, 0.15) is 11.5 Å². The Kier molecular flexibility index (Phi) is 10.7. The molecule has 1 fully saturated rings. The SMILES string of the molecule is CCNC(=NCC(O)c1cc(OC)cc(OC)c1)NCC1CCCO1.I. The molecule has 1 aliphatic rings. The lowest BCUT2D eigenvalue weighted by molar-refractivity contribution is 0.113. The van der Waals surface area contributed by atoms with Gasteiger partial charge in [-0.15, -0.1) is 24.0 Å². The first-order valence-electron chi connectivity index (χ1n) is 8.71. The largest absolute Gasteiger partial charge is 0.497 e. The summed E-state index contributed by atoms with van der Waals surface area (Å²) in [4.78, 5) is 4.47. The third kappa shape index (κ3) is 7.16. The number of hydrogen-bond donors (Lipinski definition) is 3. The molecule has 148 valence electrons. The first-order valence-corrected chi connectivity index (χ1v) is 8.71. The van der Waals surface area contributed by atoms with Gasteiger partial charge in [0.25, 0.3) is 0 Å². The van der Waals surface area contributed by atoms with Crippen LogP contribution in [0, 0.1) is 0 Å². The van der Waals surface area contributed by atoms with Crippen molar-refractivity contribution in [1.82, 2.24) is 10.6 Å². The molecule has 0 radical (unpaired) electrons. The second-order valence-corrected chi connectivity index (χ2v) is 5.90. The van der Waals surface area contributed by atoms with E-state index in [0.29, 0.717) is 23.0 Å². The summed E-state index contributed by atoms with van der Waals surface area (Å²) in [6, 6.07) is 5.34. The maximum absolute atomic E-state index is 10.5. The summed E-state index contributed by atoms with van der Waals surface area (Å²) in [5.41, 5.74) is 0.704. The number of aliphatic hydroxyl groups is 1. The van der Waals surface area contributed by atoms with Gasteiger partial charge in [-0.05, 0) is 37.5 Å². The Hall–Kier alpha value is -1.26.